The van der Waals surface area contributed by atoms with Crippen molar-refractivity contribution in [3.05, 3.63) is 16.0 Å². The van der Waals surface area contributed by atoms with E-state index >= 15 is 0 Å². The van der Waals surface area contributed by atoms with Crippen molar-refractivity contribution in [2.45, 2.75) is 58.0 Å². The van der Waals surface area contributed by atoms with Crippen molar-refractivity contribution >= 4 is 21.7 Å². The summed E-state index contributed by atoms with van der Waals surface area (Å²) in [6.07, 6.45) is 5.75. The molecule has 2 rings (SSSR count). The predicted molar refractivity (Wildman–Crippen MR) is 80.0 cm³/mol. The van der Waals surface area contributed by atoms with E-state index in [1.54, 1.807) is 0 Å². The van der Waals surface area contributed by atoms with Crippen LogP contribution in [0.3, 0.4) is 0 Å². The molecule has 0 radical (unpaired) electrons. The molecule has 1 atom stereocenters. The van der Waals surface area contributed by atoms with E-state index in [0.29, 0.717) is 18.3 Å². The van der Waals surface area contributed by atoms with Gasteiger partial charge in [-0.05, 0) is 42.1 Å². The molecule has 1 saturated carbocycles. The molecule has 1 aromatic rings. The molecule has 0 aromatic carbocycles. The van der Waals surface area contributed by atoms with E-state index in [0.717, 1.165) is 22.4 Å². The number of nitrogens with two attached hydrogens (primary N) is 1. The Morgan fingerprint density at radius 1 is 1.32 bits per heavy atom. The normalized spacial score (nSPS) is 17.8. The Hall–Kier alpha value is -0.680. The van der Waals surface area contributed by atoms with E-state index in [-0.39, 0.29) is 6.10 Å². The summed E-state index contributed by atoms with van der Waals surface area (Å²) in [4.78, 5) is 9.13. The van der Waals surface area contributed by atoms with Crippen LogP contribution in [0.1, 0.15) is 69.5 Å². The zero-order valence-electron chi connectivity index (χ0n) is 11.7. The highest BCUT2D eigenvalue weighted by molar-refractivity contribution is 9.10. The van der Waals surface area contributed by atoms with Gasteiger partial charge in [0, 0.05) is 12.5 Å². The van der Waals surface area contributed by atoms with Gasteiger partial charge in [-0.25, -0.2) is 9.97 Å². The van der Waals surface area contributed by atoms with E-state index in [9.17, 15) is 0 Å². The summed E-state index contributed by atoms with van der Waals surface area (Å²) < 4.78 is 6.56. The highest BCUT2D eigenvalue weighted by atomic mass is 79.9. The molecular weight excluding hydrogens is 306 g/mol. The Kier molecular flexibility index (Phi) is 5.16. The van der Waals surface area contributed by atoms with Crippen molar-refractivity contribution in [2.24, 2.45) is 0 Å². The molecule has 4 nitrogen and oxygen atoms in total. The maximum Gasteiger partial charge on any atom is 0.159 e. The Morgan fingerprint density at radius 2 is 2.00 bits per heavy atom. The lowest BCUT2D eigenvalue weighted by Crippen LogP contribution is -2.13. The Morgan fingerprint density at radius 3 is 2.58 bits per heavy atom. The number of rotatable bonds is 5. The first-order chi connectivity index (χ1) is 9.17. The van der Waals surface area contributed by atoms with Gasteiger partial charge in [-0.3, -0.25) is 0 Å². The zero-order valence-corrected chi connectivity index (χ0v) is 13.2. The largest absolute Gasteiger partial charge is 0.383 e. The Bertz CT molecular complexity index is 433. The van der Waals surface area contributed by atoms with Crippen LogP contribution in [-0.4, -0.2) is 16.6 Å². The number of nitrogens with zero attached hydrogens (tertiary/aromatic N) is 2. The van der Waals surface area contributed by atoms with Gasteiger partial charge in [-0.1, -0.05) is 19.8 Å². The SMILES string of the molecule is CCOC(CC)c1nc(N)c(Br)c(C2CCCC2)n1. The summed E-state index contributed by atoms with van der Waals surface area (Å²) in [6, 6.07) is 0. The maximum atomic E-state index is 6.02. The first-order valence-corrected chi connectivity index (χ1v) is 7.91. The number of anilines is 1. The summed E-state index contributed by atoms with van der Waals surface area (Å²) in [5.74, 6) is 1.77. The average molecular weight is 328 g/mol. The van der Waals surface area contributed by atoms with Crippen LogP contribution in [0.5, 0.6) is 0 Å². The molecule has 1 aromatic heterocycles. The maximum absolute atomic E-state index is 6.02. The van der Waals surface area contributed by atoms with Crippen molar-refractivity contribution in [1.29, 1.82) is 0 Å². The topological polar surface area (TPSA) is 61.0 Å². The minimum atomic E-state index is -0.0550. The molecule has 1 aliphatic carbocycles. The smallest absolute Gasteiger partial charge is 0.159 e. The van der Waals surface area contributed by atoms with Crippen LogP contribution in [0.25, 0.3) is 0 Å². The van der Waals surface area contributed by atoms with Crippen molar-refractivity contribution < 1.29 is 4.74 Å². The number of halogens is 1. The van der Waals surface area contributed by atoms with Crippen LogP contribution in [0, 0.1) is 0 Å². The number of nitrogen functional groups attached to an aromatic ring is 1. The van der Waals surface area contributed by atoms with Crippen molar-refractivity contribution in [3.63, 3.8) is 0 Å². The van der Waals surface area contributed by atoms with Crippen molar-refractivity contribution in [2.75, 3.05) is 12.3 Å². The van der Waals surface area contributed by atoms with E-state index in [1.807, 2.05) is 6.92 Å². The molecule has 1 heterocycles. The highest BCUT2D eigenvalue weighted by Gasteiger charge is 2.25. The molecule has 0 spiro atoms. The van der Waals surface area contributed by atoms with Gasteiger partial charge in [0.05, 0.1) is 10.2 Å². The fourth-order valence-corrected chi connectivity index (χ4v) is 3.19. The third-order valence-corrected chi connectivity index (χ3v) is 4.50. The van der Waals surface area contributed by atoms with Crippen molar-refractivity contribution in [1.82, 2.24) is 9.97 Å². The quantitative estimate of drug-likeness (QED) is 0.888. The monoisotopic (exact) mass is 327 g/mol. The van der Waals surface area contributed by atoms with Crippen molar-refractivity contribution in [3.8, 4) is 0 Å². The number of ether oxygens (including phenoxy) is 1. The fourth-order valence-electron chi connectivity index (χ4n) is 2.69. The first kappa shape index (κ1) is 14.7. The lowest BCUT2D eigenvalue weighted by molar-refractivity contribution is 0.0533. The summed E-state index contributed by atoms with van der Waals surface area (Å²) in [7, 11) is 0. The average Bonchev–Trinajstić information content (AvgIpc) is 2.93. The first-order valence-electron chi connectivity index (χ1n) is 7.11. The van der Waals surface area contributed by atoms with Gasteiger partial charge in [0.15, 0.2) is 5.82 Å². The van der Waals surface area contributed by atoms with Gasteiger partial charge in [-0.2, -0.15) is 0 Å². The van der Waals surface area contributed by atoms with E-state index < -0.39 is 0 Å². The van der Waals surface area contributed by atoms with Gasteiger partial charge in [0.25, 0.3) is 0 Å². The Labute approximate surface area is 123 Å². The highest BCUT2D eigenvalue weighted by Crippen LogP contribution is 2.38. The van der Waals surface area contributed by atoms with Crippen LogP contribution >= 0.6 is 15.9 Å². The van der Waals surface area contributed by atoms with Gasteiger partial charge < -0.3 is 10.5 Å². The molecule has 0 saturated heterocycles. The lowest BCUT2D eigenvalue weighted by Gasteiger charge is -2.18. The van der Waals surface area contributed by atoms with Gasteiger partial charge in [0.2, 0.25) is 0 Å². The van der Waals surface area contributed by atoms with E-state index in [2.05, 4.69) is 27.8 Å². The molecule has 0 aliphatic heterocycles. The second-order valence-corrected chi connectivity index (χ2v) is 5.79. The minimum Gasteiger partial charge on any atom is -0.383 e. The number of hydrogen-bond acceptors (Lipinski definition) is 4. The fraction of sp³-hybridized carbons (Fsp3) is 0.714. The molecule has 1 aliphatic rings. The van der Waals surface area contributed by atoms with Gasteiger partial charge in [0.1, 0.15) is 11.9 Å². The van der Waals surface area contributed by atoms with Crippen LogP contribution in [0.2, 0.25) is 0 Å². The second kappa shape index (κ2) is 6.66. The standard InChI is InChI=1S/C14H22BrN3O/c1-3-10(19-4-2)14-17-12(9-7-5-6-8-9)11(15)13(16)18-14/h9-10H,3-8H2,1-2H3,(H2,16,17,18). The molecule has 5 heteroatoms. The van der Waals surface area contributed by atoms with Crippen LogP contribution in [0.15, 0.2) is 4.47 Å². The summed E-state index contributed by atoms with van der Waals surface area (Å²) >= 11 is 3.54. The third kappa shape index (κ3) is 3.26. The Balaban J connectivity index is 2.34. The summed E-state index contributed by atoms with van der Waals surface area (Å²) in [5, 5.41) is 0. The van der Waals surface area contributed by atoms with Crippen LogP contribution in [-0.2, 0) is 4.74 Å². The molecule has 0 amide bonds. The van der Waals surface area contributed by atoms with E-state index in [4.69, 9.17) is 15.5 Å². The number of aromatic nitrogens is 2. The third-order valence-electron chi connectivity index (χ3n) is 3.69. The van der Waals surface area contributed by atoms with E-state index in [1.165, 1.54) is 25.7 Å². The lowest BCUT2D eigenvalue weighted by atomic mass is 10.0. The predicted octanol–water partition coefficient (Wildman–Crippen LogP) is 3.97. The summed E-state index contributed by atoms with van der Waals surface area (Å²) in [5.41, 5.74) is 7.09. The van der Waals surface area contributed by atoms with Gasteiger partial charge in [-0.15, -0.1) is 0 Å². The molecular formula is C14H22BrN3O. The van der Waals surface area contributed by atoms with Crippen LogP contribution < -0.4 is 5.73 Å². The second-order valence-electron chi connectivity index (χ2n) is 5.00. The molecule has 19 heavy (non-hydrogen) atoms. The van der Waals surface area contributed by atoms with Crippen LogP contribution in [0.4, 0.5) is 5.82 Å². The van der Waals surface area contributed by atoms with Gasteiger partial charge >= 0.3 is 0 Å². The minimum absolute atomic E-state index is 0.0550. The number of hydrogen-bond donors (Lipinski definition) is 1. The molecule has 0 bridgehead atoms. The zero-order chi connectivity index (χ0) is 13.8. The molecule has 1 unspecified atom stereocenters. The summed E-state index contributed by atoms with van der Waals surface area (Å²) in [6.45, 7) is 4.73. The molecule has 1 fully saturated rings. The molecule has 2 N–H and O–H groups in total. The molecule has 106 valence electrons.